The van der Waals surface area contributed by atoms with E-state index in [2.05, 4.69) is 43.4 Å². The maximum atomic E-state index is 5.77. The molecule has 2 rings (SSSR count). The van der Waals surface area contributed by atoms with Crippen molar-refractivity contribution in [1.82, 2.24) is 5.32 Å². The summed E-state index contributed by atoms with van der Waals surface area (Å²) in [4.78, 5) is 0. The van der Waals surface area contributed by atoms with Crippen LogP contribution in [0.5, 0.6) is 0 Å². The molecule has 0 aromatic heterocycles. The molecule has 1 fully saturated rings. The van der Waals surface area contributed by atoms with Crippen LogP contribution in [0.3, 0.4) is 0 Å². The van der Waals surface area contributed by atoms with Gasteiger partial charge in [0, 0.05) is 12.6 Å². The van der Waals surface area contributed by atoms with Gasteiger partial charge in [0.25, 0.3) is 0 Å². The van der Waals surface area contributed by atoms with Gasteiger partial charge in [0.15, 0.2) is 0 Å². The van der Waals surface area contributed by atoms with E-state index in [9.17, 15) is 0 Å². The van der Waals surface area contributed by atoms with Gasteiger partial charge >= 0.3 is 0 Å². The molecule has 0 aliphatic carbocycles. The molecule has 0 radical (unpaired) electrons. The second kappa shape index (κ2) is 4.11. The maximum Gasteiger partial charge on any atom is 0.0950 e. The zero-order valence-corrected chi connectivity index (χ0v) is 8.79. The molecule has 1 saturated heterocycles. The van der Waals surface area contributed by atoms with E-state index in [1.54, 1.807) is 0 Å². The van der Waals surface area contributed by atoms with E-state index in [-0.39, 0.29) is 6.10 Å². The summed E-state index contributed by atoms with van der Waals surface area (Å²) < 4.78 is 5.77. The van der Waals surface area contributed by atoms with Gasteiger partial charge in [-0.2, -0.15) is 0 Å². The largest absolute Gasteiger partial charge is 0.371 e. The average Bonchev–Trinajstić information content (AvgIpc) is 2.19. The molecule has 1 N–H and O–H groups in total. The van der Waals surface area contributed by atoms with E-state index in [4.69, 9.17) is 4.74 Å². The zero-order chi connectivity index (χ0) is 9.97. The molecule has 2 atom stereocenters. The molecular formula is C12H17NO. The minimum Gasteiger partial charge on any atom is -0.371 e. The van der Waals surface area contributed by atoms with E-state index in [0.717, 1.165) is 13.2 Å². The molecule has 1 heterocycles. The Bertz CT molecular complexity index is 303. The maximum absolute atomic E-state index is 5.77. The van der Waals surface area contributed by atoms with Gasteiger partial charge in [-0.05, 0) is 19.4 Å². The van der Waals surface area contributed by atoms with Gasteiger partial charge in [-0.15, -0.1) is 0 Å². The monoisotopic (exact) mass is 191 g/mol. The summed E-state index contributed by atoms with van der Waals surface area (Å²) in [5.74, 6) is 0. The van der Waals surface area contributed by atoms with Gasteiger partial charge < -0.3 is 10.1 Å². The van der Waals surface area contributed by atoms with Crippen LogP contribution >= 0.6 is 0 Å². The molecule has 0 spiro atoms. The van der Waals surface area contributed by atoms with Gasteiger partial charge in [0.05, 0.1) is 12.7 Å². The Balaban J connectivity index is 2.08. The Labute approximate surface area is 85.3 Å². The minimum atomic E-state index is 0.228. The second-order valence-electron chi connectivity index (χ2n) is 4.05. The molecule has 0 bridgehead atoms. The molecular weight excluding hydrogens is 174 g/mol. The summed E-state index contributed by atoms with van der Waals surface area (Å²) in [6, 6.07) is 9.02. The standard InChI is InChI=1S/C12H17NO/c1-9-4-3-5-11(6-9)12-7-13-10(2)8-14-12/h3-6,10,12-13H,7-8H2,1-2H3/t10-,12?/m0/s1. The van der Waals surface area contributed by atoms with Gasteiger partial charge in [-0.3, -0.25) is 0 Å². The first-order chi connectivity index (χ1) is 6.75. The highest BCUT2D eigenvalue weighted by Crippen LogP contribution is 2.20. The van der Waals surface area contributed by atoms with Crippen LogP contribution in [0.1, 0.15) is 24.2 Å². The van der Waals surface area contributed by atoms with Crippen molar-refractivity contribution in [2.45, 2.75) is 26.0 Å². The highest BCUT2D eigenvalue weighted by Gasteiger charge is 2.19. The van der Waals surface area contributed by atoms with Crippen LogP contribution in [0.4, 0.5) is 0 Å². The van der Waals surface area contributed by atoms with Crippen LogP contribution in [-0.4, -0.2) is 19.2 Å². The van der Waals surface area contributed by atoms with Crippen molar-refractivity contribution >= 4 is 0 Å². The summed E-state index contributed by atoms with van der Waals surface area (Å²) in [6.07, 6.45) is 0.228. The Morgan fingerprint density at radius 2 is 2.29 bits per heavy atom. The second-order valence-corrected chi connectivity index (χ2v) is 4.05. The van der Waals surface area contributed by atoms with Crippen molar-refractivity contribution in [2.75, 3.05) is 13.2 Å². The summed E-state index contributed by atoms with van der Waals surface area (Å²) in [7, 11) is 0. The Morgan fingerprint density at radius 1 is 1.43 bits per heavy atom. The molecule has 0 amide bonds. The Hall–Kier alpha value is -0.860. The molecule has 0 saturated carbocycles. The number of ether oxygens (including phenoxy) is 1. The van der Waals surface area contributed by atoms with Crippen molar-refractivity contribution in [3.63, 3.8) is 0 Å². The fourth-order valence-electron chi connectivity index (χ4n) is 1.77. The van der Waals surface area contributed by atoms with Crippen molar-refractivity contribution < 1.29 is 4.74 Å². The molecule has 1 aliphatic heterocycles. The number of nitrogens with one attached hydrogen (secondary N) is 1. The SMILES string of the molecule is Cc1cccc(C2CN[C@@H](C)CO2)c1. The normalized spacial score (nSPS) is 27.6. The number of benzene rings is 1. The summed E-state index contributed by atoms with van der Waals surface area (Å²) in [6.45, 7) is 5.98. The lowest BCUT2D eigenvalue weighted by Crippen LogP contribution is -2.40. The fourth-order valence-corrected chi connectivity index (χ4v) is 1.77. The van der Waals surface area contributed by atoms with Crippen molar-refractivity contribution in [1.29, 1.82) is 0 Å². The van der Waals surface area contributed by atoms with Gasteiger partial charge in [-0.25, -0.2) is 0 Å². The molecule has 14 heavy (non-hydrogen) atoms. The molecule has 1 unspecified atom stereocenters. The topological polar surface area (TPSA) is 21.3 Å². The first kappa shape index (κ1) is 9.69. The lowest BCUT2D eigenvalue weighted by molar-refractivity contribution is 0.00693. The third-order valence-electron chi connectivity index (χ3n) is 2.61. The third-order valence-corrected chi connectivity index (χ3v) is 2.61. The fraction of sp³-hybridized carbons (Fsp3) is 0.500. The summed E-state index contributed by atoms with van der Waals surface area (Å²) >= 11 is 0. The van der Waals surface area contributed by atoms with Crippen LogP contribution in [0.15, 0.2) is 24.3 Å². The van der Waals surface area contributed by atoms with Crippen LogP contribution in [-0.2, 0) is 4.74 Å². The number of rotatable bonds is 1. The number of morpholine rings is 1. The molecule has 1 aromatic carbocycles. The van der Waals surface area contributed by atoms with E-state index in [1.807, 2.05) is 0 Å². The summed E-state index contributed by atoms with van der Waals surface area (Å²) in [5.41, 5.74) is 2.58. The van der Waals surface area contributed by atoms with Crippen molar-refractivity contribution in [2.24, 2.45) is 0 Å². The average molecular weight is 191 g/mol. The van der Waals surface area contributed by atoms with Gasteiger partial charge in [0.1, 0.15) is 0 Å². The quantitative estimate of drug-likeness (QED) is 0.733. The Kier molecular flexibility index (Phi) is 2.85. The van der Waals surface area contributed by atoms with Crippen LogP contribution in [0, 0.1) is 6.92 Å². The minimum absolute atomic E-state index is 0.228. The first-order valence-electron chi connectivity index (χ1n) is 5.17. The van der Waals surface area contributed by atoms with Gasteiger partial charge in [0.2, 0.25) is 0 Å². The highest BCUT2D eigenvalue weighted by molar-refractivity contribution is 5.24. The third kappa shape index (κ3) is 2.14. The van der Waals surface area contributed by atoms with Crippen molar-refractivity contribution in [3.05, 3.63) is 35.4 Å². The van der Waals surface area contributed by atoms with Crippen molar-refractivity contribution in [3.8, 4) is 0 Å². The van der Waals surface area contributed by atoms with Gasteiger partial charge in [-0.1, -0.05) is 29.8 Å². The van der Waals surface area contributed by atoms with E-state index < -0.39 is 0 Å². The molecule has 2 nitrogen and oxygen atoms in total. The highest BCUT2D eigenvalue weighted by atomic mass is 16.5. The smallest absolute Gasteiger partial charge is 0.0950 e. The molecule has 2 heteroatoms. The molecule has 76 valence electrons. The zero-order valence-electron chi connectivity index (χ0n) is 8.79. The Morgan fingerprint density at radius 3 is 2.93 bits per heavy atom. The molecule has 1 aromatic rings. The van der Waals surface area contributed by atoms with E-state index in [0.29, 0.717) is 6.04 Å². The summed E-state index contributed by atoms with van der Waals surface area (Å²) in [5, 5.41) is 3.42. The van der Waals surface area contributed by atoms with E-state index >= 15 is 0 Å². The number of hydrogen-bond acceptors (Lipinski definition) is 2. The number of hydrogen-bond donors (Lipinski definition) is 1. The predicted molar refractivity (Wildman–Crippen MR) is 57.3 cm³/mol. The van der Waals surface area contributed by atoms with Crippen LogP contribution in [0.2, 0.25) is 0 Å². The van der Waals surface area contributed by atoms with Crippen LogP contribution in [0.25, 0.3) is 0 Å². The first-order valence-corrected chi connectivity index (χ1v) is 5.17. The molecule has 1 aliphatic rings. The number of aryl methyl sites for hydroxylation is 1. The van der Waals surface area contributed by atoms with Crippen LogP contribution < -0.4 is 5.32 Å². The lowest BCUT2D eigenvalue weighted by atomic mass is 10.1. The van der Waals surface area contributed by atoms with E-state index in [1.165, 1.54) is 11.1 Å². The lowest BCUT2D eigenvalue weighted by Gasteiger charge is -2.28. The predicted octanol–water partition coefficient (Wildman–Crippen LogP) is 2.04.